The van der Waals surface area contributed by atoms with Crippen molar-refractivity contribution in [3.8, 4) is 11.5 Å². The van der Waals surface area contributed by atoms with Crippen molar-refractivity contribution in [2.75, 3.05) is 0 Å². The molecule has 0 N–H and O–H groups in total. The van der Waals surface area contributed by atoms with E-state index >= 15 is 0 Å². The molecular weight excluding hydrogens is 352 g/mol. The molecule has 0 radical (unpaired) electrons. The largest absolute Gasteiger partial charge is 0.488 e. The summed E-state index contributed by atoms with van der Waals surface area (Å²) in [5.41, 5.74) is 3.56. The van der Waals surface area contributed by atoms with E-state index in [1.165, 1.54) is 0 Å². The van der Waals surface area contributed by atoms with Crippen LogP contribution in [0.25, 0.3) is 11.6 Å². The Morgan fingerprint density at radius 2 is 1.93 bits per heavy atom. The van der Waals surface area contributed by atoms with Gasteiger partial charge in [0.2, 0.25) is 0 Å². The summed E-state index contributed by atoms with van der Waals surface area (Å²) < 4.78 is 12.6. The molecule has 0 spiro atoms. The van der Waals surface area contributed by atoms with Crippen molar-refractivity contribution in [1.29, 1.82) is 0 Å². The van der Waals surface area contributed by atoms with Crippen molar-refractivity contribution in [1.82, 2.24) is 0 Å². The zero-order chi connectivity index (χ0) is 20.8. The van der Waals surface area contributed by atoms with Gasteiger partial charge in [0, 0.05) is 5.56 Å². The second-order valence-corrected chi connectivity index (χ2v) is 8.49. The molecule has 0 fully saturated rings. The molecule has 2 atom stereocenters. The average molecular weight is 383 g/mol. The topological polar surface area (TPSA) is 52.6 Å². The monoisotopic (exact) mass is 382 g/mol. The number of hydrogen-bond donors (Lipinski definition) is 0. The highest BCUT2D eigenvalue weighted by Crippen LogP contribution is 2.49. The maximum atomic E-state index is 13.2. The summed E-state index contributed by atoms with van der Waals surface area (Å²) in [4.78, 5) is 25.1. The molecule has 28 heavy (non-hydrogen) atoms. The minimum absolute atomic E-state index is 0.00972. The van der Waals surface area contributed by atoms with Crippen molar-refractivity contribution in [2.24, 2.45) is 5.92 Å². The molecule has 2 heterocycles. The summed E-state index contributed by atoms with van der Waals surface area (Å²) in [6.07, 6.45) is 7.09. The van der Waals surface area contributed by atoms with Crippen molar-refractivity contribution in [3.05, 3.63) is 34.4 Å². The molecule has 4 nitrogen and oxygen atoms in total. The van der Waals surface area contributed by atoms with E-state index in [2.05, 4.69) is 6.92 Å². The highest BCUT2D eigenvalue weighted by atomic mass is 16.5. The van der Waals surface area contributed by atoms with Crippen LogP contribution in [0.3, 0.4) is 0 Å². The average Bonchev–Trinajstić information content (AvgIpc) is 2.58. The third-order valence-corrected chi connectivity index (χ3v) is 5.60. The first-order valence-corrected chi connectivity index (χ1v) is 10.1. The van der Waals surface area contributed by atoms with Crippen LogP contribution in [0.5, 0.6) is 11.5 Å². The summed E-state index contributed by atoms with van der Waals surface area (Å²) in [5.74, 6) is 1.18. The van der Waals surface area contributed by atoms with Crippen LogP contribution in [0.2, 0.25) is 0 Å². The molecular formula is C24H30O4. The quantitative estimate of drug-likeness (QED) is 0.641. The number of allylic oxidation sites excluding steroid dienone is 2. The van der Waals surface area contributed by atoms with Gasteiger partial charge in [-0.25, -0.2) is 0 Å². The SMILES string of the molecule is CCC/C(=C/C(C)=O)c1c(C)c2c(c3c1OC(C)(C)C=C3)O[C@H](C)[C@@H](C)C2=O. The number of benzene rings is 1. The lowest BCUT2D eigenvalue weighted by Gasteiger charge is -2.36. The molecule has 0 amide bonds. The van der Waals surface area contributed by atoms with Gasteiger partial charge in [-0.05, 0) is 70.4 Å². The van der Waals surface area contributed by atoms with E-state index in [0.717, 1.165) is 35.1 Å². The van der Waals surface area contributed by atoms with Crippen LogP contribution >= 0.6 is 0 Å². The number of ether oxygens (including phenoxy) is 2. The fourth-order valence-corrected chi connectivity index (χ4v) is 4.00. The Labute approximate surface area is 167 Å². The zero-order valence-corrected chi connectivity index (χ0v) is 17.9. The number of ketones is 2. The lowest BCUT2D eigenvalue weighted by atomic mass is 9.81. The molecule has 2 aliphatic rings. The van der Waals surface area contributed by atoms with Gasteiger partial charge in [-0.1, -0.05) is 20.3 Å². The van der Waals surface area contributed by atoms with Gasteiger partial charge < -0.3 is 9.47 Å². The summed E-state index contributed by atoms with van der Waals surface area (Å²) in [6, 6.07) is 0. The maximum Gasteiger partial charge on any atom is 0.173 e. The zero-order valence-electron chi connectivity index (χ0n) is 17.9. The molecule has 0 bridgehead atoms. The predicted molar refractivity (Wildman–Crippen MR) is 112 cm³/mol. The third-order valence-electron chi connectivity index (χ3n) is 5.60. The van der Waals surface area contributed by atoms with Crippen molar-refractivity contribution >= 4 is 23.2 Å². The number of carbonyl (C=O) groups excluding carboxylic acids is 2. The van der Waals surface area contributed by atoms with Gasteiger partial charge in [-0.3, -0.25) is 9.59 Å². The van der Waals surface area contributed by atoms with Gasteiger partial charge in [0.15, 0.2) is 11.6 Å². The molecule has 0 aliphatic carbocycles. The second-order valence-electron chi connectivity index (χ2n) is 8.49. The summed E-state index contributed by atoms with van der Waals surface area (Å²) in [6.45, 7) is 13.4. The van der Waals surface area contributed by atoms with E-state index in [9.17, 15) is 9.59 Å². The molecule has 0 unspecified atom stereocenters. The molecule has 3 rings (SSSR count). The van der Waals surface area contributed by atoms with Crippen LogP contribution in [0.1, 0.15) is 81.4 Å². The van der Waals surface area contributed by atoms with E-state index in [4.69, 9.17) is 9.47 Å². The van der Waals surface area contributed by atoms with E-state index in [-0.39, 0.29) is 23.6 Å². The molecule has 0 aromatic heterocycles. The number of carbonyl (C=O) groups is 2. The fourth-order valence-electron chi connectivity index (χ4n) is 4.00. The first-order valence-electron chi connectivity index (χ1n) is 10.1. The van der Waals surface area contributed by atoms with E-state index in [1.54, 1.807) is 13.0 Å². The van der Waals surface area contributed by atoms with E-state index < -0.39 is 5.60 Å². The standard InChI is InChI=1S/C24H30O4/c1-8-9-17(12-13(2)25)19-15(4)20-21(26)14(3)16(5)27-22(20)18-10-11-24(6,7)28-23(18)19/h10-12,14,16H,8-9H2,1-7H3/b17-12-/t14-,16-/m1/s1. The van der Waals surface area contributed by atoms with Crippen LogP contribution in [0, 0.1) is 12.8 Å². The van der Waals surface area contributed by atoms with E-state index in [1.807, 2.05) is 46.8 Å². The first kappa shape index (κ1) is 20.4. The highest BCUT2D eigenvalue weighted by molar-refractivity contribution is 6.07. The Hall–Kier alpha value is -2.36. The number of hydrogen-bond acceptors (Lipinski definition) is 4. The third kappa shape index (κ3) is 3.41. The van der Waals surface area contributed by atoms with E-state index in [0.29, 0.717) is 17.1 Å². The normalized spacial score (nSPS) is 22.8. The number of Topliss-reactive ketones (excluding diaryl/α,β-unsaturated/α-hetero) is 1. The Balaban J connectivity index is 2.39. The Morgan fingerprint density at radius 1 is 1.25 bits per heavy atom. The number of fused-ring (bicyclic) bond motifs is 3. The molecule has 0 saturated heterocycles. The molecule has 1 aromatic rings. The van der Waals surface area contributed by atoms with Crippen molar-refractivity contribution < 1.29 is 19.1 Å². The Bertz CT molecular complexity index is 902. The smallest absolute Gasteiger partial charge is 0.173 e. The van der Waals surface area contributed by atoms with Crippen molar-refractivity contribution in [3.63, 3.8) is 0 Å². The molecule has 0 saturated carbocycles. The lowest BCUT2D eigenvalue weighted by Crippen LogP contribution is -2.36. The molecule has 150 valence electrons. The summed E-state index contributed by atoms with van der Waals surface area (Å²) >= 11 is 0. The highest BCUT2D eigenvalue weighted by Gasteiger charge is 2.39. The van der Waals surface area contributed by atoms with Gasteiger partial charge in [0.25, 0.3) is 0 Å². The van der Waals surface area contributed by atoms with Gasteiger partial charge in [0.05, 0.1) is 17.0 Å². The maximum absolute atomic E-state index is 13.2. The number of rotatable bonds is 4. The lowest BCUT2D eigenvalue weighted by molar-refractivity contribution is -0.112. The van der Waals surface area contributed by atoms with Crippen LogP contribution in [0.15, 0.2) is 12.2 Å². The van der Waals surface area contributed by atoms with Crippen LogP contribution < -0.4 is 9.47 Å². The van der Waals surface area contributed by atoms with Gasteiger partial charge in [-0.15, -0.1) is 0 Å². The molecule has 4 heteroatoms. The van der Waals surface area contributed by atoms with Crippen LogP contribution in [0.4, 0.5) is 0 Å². The predicted octanol–water partition coefficient (Wildman–Crippen LogP) is 5.55. The fraction of sp³-hybridized carbons (Fsp3) is 0.500. The first-order chi connectivity index (χ1) is 13.1. The van der Waals surface area contributed by atoms with Crippen LogP contribution in [-0.2, 0) is 4.79 Å². The van der Waals surface area contributed by atoms with Gasteiger partial charge >= 0.3 is 0 Å². The Kier molecular flexibility index (Phi) is 5.26. The molecule has 2 aliphatic heterocycles. The van der Waals surface area contributed by atoms with Crippen molar-refractivity contribution in [2.45, 2.75) is 73.0 Å². The minimum atomic E-state index is -0.479. The molecule has 1 aromatic carbocycles. The van der Waals surface area contributed by atoms with Gasteiger partial charge in [-0.2, -0.15) is 0 Å². The Morgan fingerprint density at radius 3 is 2.54 bits per heavy atom. The second kappa shape index (κ2) is 7.23. The van der Waals surface area contributed by atoms with Gasteiger partial charge in [0.1, 0.15) is 23.2 Å². The summed E-state index contributed by atoms with van der Waals surface area (Å²) in [5, 5.41) is 0. The minimum Gasteiger partial charge on any atom is -0.488 e. The van der Waals surface area contributed by atoms with Crippen LogP contribution in [-0.4, -0.2) is 23.3 Å². The summed E-state index contributed by atoms with van der Waals surface area (Å²) in [7, 11) is 0.